The second-order valence-electron chi connectivity index (χ2n) is 6.56. The quantitative estimate of drug-likeness (QED) is 0.790. The molecule has 0 N–H and O–H groups in total. The van der Waals surface area contributed by atoms with Gasteiger partial charge >= 0.3 is 12.1 Å². The molecule has 0 aliphatic heterocycles. The zero-order valence-electron chi connectivity index (χ0n) is 12.8. The summed E-state index contributed by atoms with van der Waals surface area (Å²) in [5.41, 5.74) is 0. The molecule has 3 rings (SSSR count). The molecule has 0 spiro atoms. The Balaban J connectivity index is 1.60. The summed E-state index contributed by atoms with van der Waals surface area (Å²) in [7, 11) is 0. The number of aromatic nitrogens is 2. The van der Waals surface area contributed by atoms with E-state index in [1.165, 1.54) is 0 Å². The van der Waals surface area contributed by atoms with Crippen molar-refractivity contribution in [2.24, 2.45) is 11.8 Å². The van der Waals surface area contributed by atoms with E-state index in [0.29, 0.717) is 12.8 Å². The van der Waals surface area contributed by atoms with Gasteiger partial charge in [-0.1, -0.05) is 6.42 Å². The van der Waals surface area contributed by atoms with Gasteiger partial charge in [-0.15, -0.1) is 0 Å². The van der Waals surface area contributed by atoms with Gasteiger partial charge in [-0.2, -0.15) is 18.3 Å². The maximum absolute atomic E-state index is 12.9. The monoisotopic (exact) mass is 330 g/mol. The summed E-state index contributed by atoms with van der Waals surface area (Å²) in [6.45, 7) is 0. The smallest absolute Gasteiger partial charge is 0.391 e. The fraction of sp³-hybridized carbons (Fsp3) is 0.750. The lowest BCUT2D eigenvalue weighted by atomic mass is 9.81. The van der Waals surface area contributed by atoms with E-state index < -0.39 is 24.0 Å². The average molecular weight is 330 g/mol. The standard InChI is InChI=1S/C16H21F3N2O2/c17-16(18,19)12-5-1-4-11(10-12)15(22)23-14-7-2-6-13(14)21-9-3-8-20-21/h3,8-9,11-14H,1-2,4-7,10H2/t11-,12-,13+,14+/m0/s1. The van der Waals surface area contributed by atoms with Gasteiger partial charge < -0.3 is 4.74 Å². The van der Waals surface area contributed by atoms with Gasteiger partial charge in [0, 0.05) is 12.4 Å². The van der Waals surface area contributed by atoms with E-state index in [2.05, 4.69) is 5.10 Å². The zero-order valence-corrected chi connectivity index (χ0v) is 12.8. The number of ether oxygens (including phenoxy) is 1. The molecule has 0 saturated heterocycles. The van der Waals surface area contributed by atoms with Crippen molar-refractivity contribution in [1.82, 2.24) is 9.78 Å². The van der Waals surface area contributed by atoms with Crippen molar-refractivity contribution in [3.8, 4) is 0 Å². The third kappa shape index (κ3) is 3.70. The molecule has 0 aromatic carbocycles. The van der Waals surface area contributed by atoms with Crippen molar-refractivity contribution in [2.45, 2.75) is 63.3 Å². The van der Waals surface area contributed by atoms with E-state index in [1.807, 2.05) is 12.3 Å². The minimum atomic E-state index is -4.22. The molecular formula is C16H21F3N2O2. The van der Waals surface area contributed by atoms with Gasteiger partial charge in [0.25, 0.3) is 0 Å². The number of esters is 1. The molecule has 0 unspecified atom stereocenters. The van der Waals surface area contributed by atoms with Gasteiger partial charge in [0.05, 0.1) is 17.9 Å². The molecule has 128 valence electrons. The molecule has 4 nitrogen and oxygen atoms in total. The van der Waals surface area contributed by atoms with E-state index in [9.17, 15) is 18.0 Å². The Hall–Kier alpha value is -1.53. The first-order valence-corrected chi connectivity index (χ1v) is 8.21. The first kappa shape index (κ1) is 16.3. The van der Waals surface area contributed by atoms with Gasteiger partial charge in [0.15, 0.2) is 0 Å². The summed E-state index contributed by atoms with van der Waals surface area (Å²) in [6, 6.07) is 1.81. The van der Waals surface area contributed by atoms with E-state index >= 15 is 0 Å². The van der Waals surface area contributed by atoms with Crippen molar-refractivity contribution in [1.29, 1.82) is 0 Å². The minimum absolute atomic E-state index is 0.00375. The van der Waals surface area contributed by atoms with Crippen molar-refractivity contribution >= 4 is 5.97 Å². The molecule has 2 aliphatic carbocycles. The lowest BCUT2D eigenvalue weighted by Gasteiger charge is -2.30. The van der Waals surface area contributed by atoms with E-state index in [-0.39, 0.29) is 25.0 Å². The highest BCUT2D eigenvalue weighted by Gasteiger charge is 2.44. The third-order valence-corrected chi connectivity index (χ3v) is 5.02. The van der Waals surface area contributed by atoms with E-state index in [4.69, 9.17) is 4.74 Å². The Morgan fingerprint density at radius 1 is 1.17 bits per heavy atom. The number of carbonyl (C=O) groups is 1. The van der Waals surface area contributed by atoms with E-state index in [1.54, 1.807) is 10.9 Å². The van der Waals surface area contributed by atoms with Gasteiger partial charge in [-0.25, -0.2) is 0 Å². The van der Waals surface area contributed by atoms with Crippen molar-refractivity contribution in [3.63, 3.8) is 0 Å². The highest BCUT2D eigenvalue weighted by atomic mass is 19.4. The van der Waals surface area contributed by atoms with Crippen LogP contribution in [0.15, 0.2) is 18.5 Å². The van der Waals surface area contributed by atoms with Crippen LogP contribution in [0.1, 0.15) is 51.0 Å². The van der Waals surface area contributed by atoms with Gasteiger partial charge in [0.2, 0.25) is 0 Å². The molecule has 23 heavy (non-hydrogen) atoms. The van der Waals surface area contributed by atoms with Gasteiger partial charge in [0.1, 0.15) is 6.10 Å². The highest BCUT2D eigenvalue weighted by Crippen LogP contribution is 2.41. The number of carbonyl (C=O) groups excluding carboxylic acids is 1. The highest BCUT2D eigenvalue weighted by molar-refractivity contribution is 5.72. The summed E-state index contributed by atoms with van der Waals surface area (Å²) in [5, 5.41) is 4.19. The summed E-state index contributed by atoms with van der Waals surface area (Å²) in [6.07, 6.45) is 2.44. The van der Waals surface area contributed by atoms with Crippen molar-refractivity contribution < 1.29 is 22.7 Å². The molecule has 1 aromatic rings. The largest absolute Gasteiger partial charge is 0.460 e. The minimum Gasteiger partial charge on any atom is -0.460 e. The fourth-order valence-electron chi connectivity index (χ4n) is 3.77. The van der Waals surface area contributed by atoms with Crippen LogP contribution >= 0.6 is 0 Å². The first-order valence-electron chi connectivity index (χ1n) is 8.21. The average Bonchev–Trinajstić information content (AvgIpc) is 3.17. The summed E-state index contributed by atoms with van der Waals surface area (Å²) in [5.74, 6) is -2.48. The van der Waals surface area contributed by atoms with Crippen LogP contribution in [0.2, 0.25) is 0 Å². The van der Waals surface area contributed by atoms with Crippen LogP contribution in [-0.4, -0.2) is 28.0 Å². The van der Waals surface area contributed by atoms with Crippen LogP contribution in [-0.2, 0) is 9.53 Å². The number of hydrogen-bond acceptors (Lipinski definition) is 3. The molecule has 1 aromatic heterocycles. The van der Waals surface area contributed by atoms with Crippen LogP contribution in [0, 0.1) is 11.8 Å². The van der Waals surface area contributed by atoms with Crippen LogP contribution < -0.4 is 0 Å². The second kappa shape index (κ2) is 6.53. The molecule has 1 heterocycles. The molecule has 4 atom stereocenters. The maximum atomic E-state index is 12.9. The number of nitrogens with zero attached hydrogens (tertiary/aromatic N) is 2. The van der Waals surface area contributed by atoms with Gasteiger partial charge in [-0.05, 0) is 44.6 Å². The number of hydrogen-bond donors (Lipinski definition) is 0. The number of alkyl halides is 3. The van der Waals surface area contributed by atoms with Gasteiger partial charge in [-0.3, -0.25) is 9.48 Å². The Kier molecular flexibility index (Phi) is 4.64. The van der Waals surface area contributed by atoms with Crippen LogP contribution in [0.25, 0.3) is 0 Å². The molecule has 2 saturated carbocycles. The zero-order chi connectivity index (χ0) is 16.4. The summed E-state index contributed by atoms with van der Waals surface area (Å²) in [4.78, 5) is 12.3. The fourth-order valence-corrected chi connectivity index (χ4v) is 3.77. The molecule has 2 fully saturated rings. The SMILES string of the molecule is O=C(O[C@@H]1CCC[C@H]1n1cccn1)[C@H]1CCC[C@H](C(F)(F)F)C1. The number of rotatable bonds is 3. The first-order chi connectivity index (χ1) is 10.9. The second-order valence-corrected chi connectivity index (χ2v) is 6.56. The van der Waals surface area contributed by atoms with Crippen LogP contribution in [0.3, 0.4) is 0 Å². The van der Waals surface area contributed by atoms with Crippen LogP contribution in [0.4, 0.5) is 13.2 Å². The Morgan fingerprint density at radius 2 is 1.96 bits per heavy atom. The maximum Gasteiger partial charge on any atom is 0.391 e. The van der Waals surface area contributed by atoms with E-state index in [0.717, 1.165) is 19.3 Å². The van der Waals surface area contributed by atoms with Crippen LogP contribution in [0.5, 0.6) is 0 Å². The molecule has 7 heteroatoms. The lowest BCUT2D eigenvalue weighted by Crippen LogP contribution is -2.35. The Labute approximate surface area is 133 Å². The van der Waals surface area contributed by atoms with Crippen molar-refractivity contribution in [2.75, 3.05) is 0 Å². The molecule has 0 radical (unpaired) electrons. The number of halogens is 3. The summed E-state index contributed by atoms with van der Waals surface area (Å²) < 4.78 is 46.0. The normalized spacial score (nSPS) is 32.0. The molecular weight excluding hydrogens is 309 g/mol. The Bertz CT molecular complexity index is 530. The molecule has 0 bridgehead atoms. The summed E-state index contributed by atoms with van der Waals surface area (Å²) >= 11 is 0. The Morgan fingerprint density at radius 3 is 2.65 bits per heavy atom. The molecule has 2 aliphatic rings. The predicted octanol–water partition coefficient (Wildman–Crippen LogP) is 3.89. The predicted molar refractivity (Wildman–Crippen MR) is 76.5 cm³/mol. The topological polar surface area (TPSA) is 44.1 Å². The van der Waals surface area contributed by atoms with Crippen molar-refractivity contribution in [3.05, 3.63) is 18.5 Å². The molecule has 0 amide bonds. The lowest BCUT2D eigenvalue weighted by molar-refractivity contribution is -0.190. The third-order valence-electron chi connectivity index (χ3n) is 5.02.